The van der Waals surface area contributed by atoms with Gasteiger partial charge in [-0.2, -0.15) is 0 Å². The molecule has 0 radical (unpaired) electrons. The fourth-order valence-corrected chi connectivity index (χ4v) is 3.71. The largest absolute Gasteiger partial charge is 0.478 e. The molecule has 0 fully saturated rings. The Bertz CT molecular complexity index is 771. The smallest absolute Gasteiger partial charge is 0.335 e. The zero-order chi connectivity index (χ0) is 17.9. The van der Waals surface area contributed by atoms with Crippen LogP contribution >= 0.6 is 11.6 Å². The highest BCUT2D eigenvalue weighted by Gasteiger charge is 2.40. The minimum atomic E-state index is -0.889. The van der Waals surface area contributed by atoms with E-state index in [1.54, 1.807) is 12.1 Å². The minimum Gasteiger partial charge on any atom is -0.478 e. The number of fused-ring (bicyclic) bond motifs is 1. The van der Waals surface area contributed by atoms with Gasteiger partial charge in [0.2, 0.25) is 6.41 Å². The lowest BCUT2D eigenvalue weighted by Gasteiger charge is -2.29. The van der Waals surface area contributed by atoms with Crippen LogP contribution in [0.2, 0.25) is 5.02 Å². The molecule has 0 aliphatic heterocycles. The number of carbonyl (C=O) groups is 2. The molecule has 5 heteroatoms. The molecule has 0 saturated heterocycles. The highest BCUT2D eigenvalue weighted by molar-refractivity contribution is 6.31. The second kappa shape index (κ2) is 7.05. The average Bonchev–Trinajstić information content (AvgIpc) is 2.77. The van der Waals surface area contributed by atoms with E-state index in [-0.39, 0.29) is 17.7 Å². The number of nitrogens with two attached hydrogens (primary N) is 1. The van der Waals surface area contributed by atoms with Crippen molar-refractivity contribution in [2.75, 3.05) is 0 Å². The molecule has 4 nitrogen and oxygen atoms in total. The Hall–Kier alpha value is -2.33. The molecule has 1 aliphatic rings. The van der Waals surface area contributed by atoms with Gasteiger partial charge in [-0.25, -0.2) is 4.79 Å². The van der Waals surface area contributed by atoms with Crippen molar-refractivity contribution >= 4 is 24.0 Å². The van der Waals surface area contributed by atoms with E-state index in [9.17, 15) is 9.90 Å². The average molecular weight is 346 g/mol. The maximum atomic E-state index is 11.2. The molecule has 0 bridgehead atoms. The second-order valence-corrected chi connectivity index (χ2v) is 6.88. The lowest BCUT2D eigenvalue weighted by atomic mass is 9.75. The van der Waals surface area contributed by atoms with Gasteiger partial charge in [-0.05, 0) is 46.7 Å². The van der Waals surface area contributed by atoms with Crippen molar-refractivity contribution < 1.29 is 14.7 Å². The Kier molecular flexibility index (Phi) is 5.30. The Morgan fingerprint density at radius 2 is 1.88 bits per heavy atom. The number of carboxylic acid groups (broad SMARTS) is 1. The summed E-state index contributed by atoms with van der Waals surface area (Å²) in [6.45, 7) is 4.42. The molecular formula is C19H20ClNO3. The Labute approximate surface area is 146 Å². The molecule has 1 aliphatic carbocycles. The molecule has 2 aromatic rings. The summed E-state index contributed by atoms with van der Waals surface area (Å²) >= 11 is 6.38. The Morgan fingerprint density at radius 3 is 2.46 bits per heavy atom. The van der Waals surface area contributed by atoms with E-state index in [1.807, 2.05) is 30.3 Å². The van der Waals surface area contributed by atoms with Crippen LogP contribution in [0.4, 0.5) is 0 Å². The van der Waals surface area contributed by atoms with Crippen molar-refractivity contribution in [3.05, 3.63) is 69.7 Å². The SMILES string of the molecule is CC1(C)Cc2ccc(C(=O)O)cc2C1c1ccccc1Cl.NC=O. The van der Waals surface area contributed by atoms with Crippen LogP contribution in [-0.4, -0.2) is 17.5 Å². The topological polar surface area (TPSA) is 80.4 Å². The summed E-state index contributed by atoms with van der Waals surface area (Å²) in [6, 6.07) is 13.3. The number of carbonyl (C=O) groups excluding carboxylic acids is 1. The predicted molar refractivity (Wildman–Crippen MR) is 94.4 cm³/mol. The van der Waals surface area contributed by atoms with Gasteiger partial charge < -0.3 is 10.8 Å². The fraction of sp³-hybridized carbons (Fsp3) is 0.263. The summed E-state index contributed by atoms with van der Waals surface area (Å²) in [4.78, 5) is 19.8. The molecule has 1 unspecified atom stereocenters. The number of amides is 1. The van der Waals surface area contributed by atoms with Crippen LogP contribution in [0.3, 0.4) is 0 Å². The van der Waals surface area contributed by atoms with Crippen molar-refractivity contribution in [3.63, 3.8) is 0 Å². The third kappa shape index (κ3) is 3.44. The van der Waals surface area contributed by atoms with Crippen molar-refractivity contribution in [1.82, 2.24) is 0 Å². The van der Waals surface area contributed by atoms with Crippen LogP contribution in [0, 0.1) is 5.41 Å². The number of benzene rings is 2. The van der Waals surface area contributed by atoms with Gasteiger partial charge >= 0.3 is 5.97 Å². The third-order valence-electron chi connectivity index (χ3n) is 4.35. The zero-order valence-electron chi connectivity index (χ0n) is 13.6. The Morgan fingerprint density at radius 1 is 1.25 bits per heavy atom. The van der Waals surface area contributed by atoms with E-state index in [4.69, 9.17) is 16.4 Å². The number of primary amides is 1. The molecule has 2 aromatic carbocycles. The van der Waals surface area contributed by atoms with E-state index >= 15 is 0 Å². The Balaban J connectivity index is 0.000000647. The van der Waals surface area contributed by atoms with Crippen molar-refractivity contribution in [2.24, 2.45) is 11.1 Å². The van der Waals surface area contributed by atoms with Gasteiger partial charge in [-0.1, -0.05) is 49.7 Å². The van der Waals surface area contributed by atoms with E-state index in [2.05, 4.69) is 19.6 Å². The molecule has 1 amide bonds. The summed E-state index contributed by atoms with van der Waals surface area (Å²) in [5.41, 5.74) is 7.90. The first kappa shape index (κ1) is 18.0. The molecule has 1 atom stereocenters. The summed E-state index contributed by atoms with van der Waals surface area (Å²) in [5.74, 6) is -0.763. The number of carboxylic acids is 1. The third-order valence-corrected chi connectivity index (χ3v) is 4.69. The van der Waals surface area contributed by atoms with Gasteiger partial charge in [0.1, 0.15) is 0 Å². The lowest BCUT2D eigenvalue weighted by molar-refractivity contribution is -0.106. The molecule has 3 rings (SSSR count). The number of hydrogen-bond acceptors (Lipinski definition) is 2. The highest BCUT2D eigenvalue weighted by Crippen LogP contribution is 2.51. The highest BCUT2D eigenvalue weighted by atomic mass is 35.5. The summed E-state index contributed by atoms with van der Waals surface area (Å²) in [5, 5.41) is 9.97. The van der Waals surface area contributed by atoms with E-state index in [1.165, 1.54) is 5.56 Å². The number of hydrogen-bond donors (Lipinski definition) is 2. The minimum absolute atomic E-state index is 0.0183. The monoisotopic (exact) mass is 345 g/mol. The molecule has 0 saturated carbocycles. The van der Waals surface area contributed by atoms with Gasteiger partial charge in [-0.15, -0.1) is 0 Å². The van der Waals surface area contributed by atoms with Gasteiger partial charge in [0.25, 0.3) is 0 Å². The van der Waals surface area contributed by atoms with Gasteiger partial charge in [0.15, 0.2) is 0 Å². The fourth-order valence-electron chi connectivity index (χ4n) is 3.47. The number of halogens is 1. The van der Waals surface area contributed by atoms with E-state index in [0.717, 1.165) is 22.6 Å². The first-order valence-electron chi connectivity index (χ1n) is 7.57. The zero-order valence-corrected chi connectivity index (χ0v) is 14.4. The quantitative estimate of drug-likeness (QED) is 0.811. The predicted octanol–water partition coefficient (Wildman–Crippen LogP) is 3.85. The summed E-state index contributed by atoms with van der Waals surface area (Å²) < 4.78 is 0. The maximum absolute atomic E-state index is 11.2. The molecule has 126 valence electrons. The first-order valence-corrected chi connectivity index (χ1v) is 7.95. The molecule has 0 aromatic heterocycles. The number of aromatic carboxylic acids is 1. The van der Waals surface area contributed by atoms with Crippen LogP contribution in [0.25, 0.3) is 0 Å². The van der Waals surface area contributed by atoms with Crippen molar-refractivity contribution in [3.8, 4) is 0 Å². The molecule has 0 spiro atoms. The molecule has 3 N–H and O–H groups in total. The van der Waals surface area contributed by atoms with Crippen molar-refractivity contribution in [2.45, 2.75) is 26.2 Å². The molecular weight excluding hydrogens is 326 g/mol. The summed E-state index contributed by atoms with van der Waals surface area (Å²) in [7, 11) is 0. The van der Waals surface area contributed by atoms with Crippen LogP contribution in [0.15, 0.2) is 42.5 Å². The van der Waals surface area contributed by atoms with Crippen LogP contribution in [0.5, 0.6) is 0 Å². The first-order chi connectivity index (χ1) is 11.3. The van der Waals surface area contributed by atoms with Gasteiger partial charge in [-0.3, -0.25) is 4.79 Å². The summed E-state index contributed by atoms with van der Waals surface area (Å²) in [6.07, 6.45) is 1.18. The van der Waals surface area contributed by atoms with Gasteiger partial charge in [0, 0.05) is 10.9 Å². The second-order valence-electron chi connectivity index (χ2n) is 6.47. The number of rotatable bonds is 2. The maximum Gasteiger partial charge on any atom is 0.335 e. The van der Waals surface area contributed by atoms with Gasteiger partial charge in [0.05, 0.1) is 5.56 Å². The molecule has 24 heavy (non-hydrogen) atoms. The van der Waals surface area contributed by atoms with Crippen LogP contribution in [-0.2, 0) is 11.2 Å². The standard InChI is InChI=1S/C18H17ClO2.CH3NO/c1-18(2)10-12-8-7-11(17(20)21)9-14(12)16(18)13-5-3-4-6-15(13)19;2-1-3/h3-9,16H,10H2,1-2H3,(H,20,21);1H,(H2,2,3). The molecule has 0 heterocycles. The normalized spacial score (nSPS) is 17.4. The van der Waals surface area contributed by atoms with Crippen LogP contribution < -0.4 is 5.73 Å². The lowest BCUT2D eigenvalue weighted by Crippen LogP contribution is -2.19. The van der Waals surface area contributed by atoms with E-state index in [0.29, 0.717) is 5.56 Å². The van der Waals surface area contributed by atoms with Crippen LogP contribution in [0.1, 0.15) is 46.8 Å². The van der Waals surface area contributed by atoms with Crippen molar-refractivity contribution in [1.29, 1.82) is 0 Å². The van der Waals surface area contributed by atoms with E-state index < -0.39 is 5.97 Å².